The fourth-order valence-electron chi connectivity index (χ4n) is 1.99. The minimum Gasteiger partial charge on any atom is -0.306 e. The molecule has 0 spiro atoms. The standard InChI is InChI=1S/C15H16Br2ClNS/c1-3-6-19-15(14-8-12(17)9(2)20-14)10-4-5-11(16)13(18)7-10/h4-5,7-8,15,19H,3,6H2,1-2H3. The third-order valence-electron chi connectivity index (χ3n) is 3.04. The summed E-state index contributed by atoms with van der Waals surface area (Å²) in [4.78, 5) is 2.60. The van der Waals surface area contributed by atoms with Crippen LogP contribution in [0.2, 0.25) is 5.02 Å². The van der Waals surface area contributed by atoms with E-state index in [-0.39, 0.29) is 6.04 Å². The molecule has 108 valence electrons. The van der Waals surface area contributed by atoms with Crippen LogP contribution in [0.5, 0.6) is 0 Å². The van der Waals surface area contributed by atoms with E-state index in [1.807, 2.05) is 23.5 Å². The smallest absolute Gasteiger partial charge is 0.0672 e. The predicted octanol–water partition coefficient (Wildman–Crippen LogP) is 6.32. The van der Waals surface area contributed by atoms with Crippen molar-refractivity contribution in [1.29, 1.82) is 0 Å². The van der Waals surface area contributed by atoms with Crippen molar-refractivity contribution >= 4 is 54.8 Å². The molecular weight excluding hydrogens is 422 g/mol. The van der Waals surface area contributed by atoms with E-state index in [0.717, 1.165) is 22.5 Å². The van der Waals surface area contributed by atoms with Gasteiger partial charge < -0.3 is 5.32 Å². The molecule has 1 nitrogen and oxygen atoms in total. The van der Waals surface area contributed by atoms with Crippen LogP contribution in [0, 0.1) is 6.92 Å². The number of halogens is 3. The van der Waals surface area contributed by atoms with Gasteiger partial charge in [-0.15, -0.1) is 11.3 Å². The number of hydrogen-bond acceptors (Lipinski definition) is 2. The molecule has 0 aliphatic heterocycles. The fourth-order valence-corrected chi connectivity index (χ4v) is 4.09. The molecule has 1 aromatic carbocycles. The quantitative estimate of drug-likeness (QED) is 0.577. The molecule has 0 aliphatic carbocycles. The Balaban J connectivity index is 2.38. The van der Waals surface area contributed by atoms with Crippen LogP contribution >= 0.6 is 54.8 Å². The molecule has 0 amide bonds. The van der Waals surface area contributed by atoms with E-state index in [0.29, 0.717) is 0 Å². The summed E-state index contributed by atoms with van der Waals surface area (Å²) in [6, 6.07) is 8.54. The normalized spacial score (nSPS) is 12.7. The number of nitrogens with one attached hydrogen (secondary N) is 1. The molecule has 20 heavy (non-hydrogen) atoms. The average Bonchev–Trinajstić information content (AvgIpc) is 2.74. The van der Waals surface area contributed by atoms with E-state index < -0.39 is 0 Å². The zero-order chi connectivity index (χ0) is 14.7. The van der Waals surface area contributed by atoms with Crippen molar-refractivity contribution in [2.24, 2.45) is 0 Å². The van der Waals surface area contributed by atoms with Gasteiger partial charge >= 0.3 is 0 Å². The Hall–Kier alpha value is 0.130. The van der Waals surface area contributed by atoms with E-state index in [4.69, 9.17) is 11.6 Å². The van der Waals surface area contributed by atoms with Crippen LogP contribution in [0.1, 0.15) is 34.7 Å². The molecule has 1 heterocycles. The molecule has 0 radical (unpaired) electrons. The van der Waals surface area contributed by atoms with Gasteiger partial charge in [0.05, 0.1) is 11.1 Å². The molecular formula is C15H16Br2ClNS. The molecule has 1 N–H and O–H groups in total. The van der Waals surface area contributed by atoms with Gasteiger partial charge in [0.2, 0.25) is 0 Å². The van der Waals surface area contributed by atoms with Crippen LogP contribution < -0.4 is 5.32 Å². The Labute approximate surface area is 146 Å². The number of aryl methyl sites for hydroxylation is 1. The Kier molecular flexibility index (Phi) is 6.11. The third kappa shape index (κ3) is 3.86. The molecule has 1 unspecified atom stereocenters. The molecule has 0 aliphatic rings. The summed E-state index contributed by atoms with van der Waals surface area (Å²) in [6.07, 6.45) is 1.10. The van der Waals surface area contributed by atoms with Gasteiger partial charge in [-0.25, -0.2) is 0 Å². The fraction of sp³-hybridized carbons (Fsp3) is 0.333. The highest BCUT2D eigenvalue weighted by Gasteiger charge is 2.17. The zero-order valence-corrected chi connectivity index (χ0v) is 16.1. The largest absolute Gasteiger partial charge is 0.306 e. The lowest BCUT2D eigenvalue weighted by molar-refractivity contribution is 0.606. The van der Waals surface area contributed by atoms with Gasteiger partial charge in [-0.1, -0.05) is 24.6 Å². The minimum absolute atomic E-state index is 0.190. The monoisotopic (exact) mass is 435 g/mol. The topological polar surface area (TPSA) is 12.0 Å². The van der Waals surface area contributed by atoms with Crippen molar-refractivity contribution in [2.45, 2.75) is 26.3 Å². The maximum absolute atomic E-state index is 6.24. The van der Waals surface area contributed by atoms with E-state index in [9.17, 15) is 0 Å². The first-order chi connectivity index (χ1) is 9.52. The van der Waals surface area contributed by atoms with Gasteiger partial charge in [-0.05, 0) is 75.5 Å². The summed E-state index contributed by atoms with van der Waals surface area (Å²) in [5, 5.41) is 4.35. The highest BCUT2D eigenvalue weighted by Crippen LogP contribution is 2.35. The lowest BCUT2D eigenvalue weighted by atomic mass is 10.1. The zero-order valence-electron chi connectivity index (χ0n) is 11.3. The molecule has 1 atom stereocenters. The number of rotatable bonds is 5. The number of hydrogen-bond donors (Lipinski definition) is 1. The van der Waals surface area contributed by atoms with E-state index in [1.165, 1.54) is 19.8 Å². The summed E-state index contributed by atoms with van der Waals surface area (Å²) in [7, 11) is 0. The first-order valence-corrected chi connectivity index (χ1v) is 9.25. The predicted molar refractivity (Wildman–Crippen MR) is 96.0 cm³/mol. The van der Waals surface area contributed by atoms with Crippen molar-refractivity contribution in [3.05, 3.63) is 53.6 Å². The van der Waals surface area contributed by atoms with Gasteiger partial charge in [0.15, 0.2) is 0 Å². The van der Waals surface area contributed by atoms with E-state index in [2.05, 4.69) is 63.2 Å². The van der Waals surface area contributed by atoms with Crippen LogP contribution in [0.25, 0.3) is 0 Å². The molecule has 0 fully saturated rings. The van der Waals surface area contributed by atoms with Crippen molar-refractivity contribution in [3.63, 3.8) is 0 Å². The maximum Gasteiger partial charge on any atom is 0.0672 e. The molecule has 1 aromatic heterocycles. The highest BCUT2D eigenvalue weighted by molar-refractivity contribution is 9.10. The lowest BCUT2D eigenvalue weighted by Gasteiger charge is -2.18. The second-order valence-electron chi connectivity index (χ2n) is 4.61. The van der Waals surface area contributed by atoms with Gasteiger partial charge in [0.25, 0.3) is 0 Å². The Morgan fingerprint density at radius 1 is 1.25 bits per heavy atom. The molecule has 2 aromatic rings. The van der Waals surface area contributed by atoms with Crippen LogP contribution in [0.4, 0.5) is 0 Å². The minimum atomic E-state index is 0.190. The first-order valence-electron chi connectivity index (χ1n) is 6.47. The summed E-state index contributed by atoms with van der Waals surface area (Å²) < 4.78 is 2.10. The first kappa shape index (κ1) is 16.5. The average molecular weight is 438 g/mol. The van der Waals surface area contributed by atoms with Gasteiger partial charge in [0.1, 0.15) is 0 Å². The van der Waals surface area contributed by atoms with Gasteiger partial charge in [-0.3, -0.25) is 0 Å². The van der Waals surface area contributed by atoms with Gasteiger partial charge in [0, 0.05) is 18.7 Å². The SMILES string of the molecule is CCCNC(c1ccc(Br)c(Cl)c1)c1cc(Br)c(C)s1. The summed E-state index contributed by atoms with van der Waals surface area (Å²) in [5.41, 5.74) is 1.19. The molecule has 0 bridgehead atoms. The van der Waals surface area contributed by atoms with Crippen LogP contribution in [0.3, 0.4) is 0 Å². The molecule has 5 heteroatoms. The number of benzene rings is 1. The maximum atomic E-state index is 6.24. The third-order valence-corrected chi connectivity index (χ3v) is 6.47. The highest BCUT2D eigenvalue weighted by atomic mass is 79.9. The Morgan fingerprint density at radius 3 is 2.55 bits per heavy atom. The number of thiophene rings is 1. The summed E-state index contributed by atoms with van der Waals surface area (Å²) in [5.74, 6) is 0. The van der Waals surface area contributed by atoms with Crippen LogP contribution in [0.15, 0.2) is 33.2 Å². The summed E-state index contributed by atoms with van der Waals surface area (Å²) >= 11 is 15.1. The van der Waals surface area contributed by atoms with Crippen LogP contribution in [-0.4, -0.2) is 6.54 Å². The molecule has 0 saturated carbocycles. The molecule has 2 rings (SSSR count). The van der Waals surface area contributed by atoms with Crippen LogP contribution in [-0.2, 0) is 0 Å². The Bertz CT molecular complexity index is 578. The lowest BCUT2D eigenvalue weighted by Crippen LogP contribution is -2.22. The second-order valence-corrected chi connectivity index (χ2v) is 8.02. The Morgan fingerprint density at radius 2 is 2.00 bits per heavy atom. The van der Waals surface area contributed by atoms with E-state index >= 15 is 0 Å². The molecule has 0 saturated heterocycles. The van der Waals surface area contributed by atoms with E-state index in [1.54, 1.807) is 0 Å². The van der Waals surface area contributed by atoms with Crippen molar-refractivity contribution in [2.75, 3.05) is 6.54 Å². The van der Waals surface area contributed by atoms with Crippen molar-refractivity contribution in [3.8, 4) is 0 Å². The van der Waals surface area contributed by atoms with Crippen molar-refractivity contribution in [1.82, 2.24) is 5.32 Å². The second kappa shape index (κ2) is 7.41. The summed E-state index contributed by atoms with van der Waals surface area (Å²) in [6.45, 7) is 5.28. The van der Waals surface area contributed by atoms with Gasteiger partial charge in [-0.2, -0.15) is 0 Å². The van der Waals surface area contributed by atoms with Crippen molar-refractivity contribution < 1.29 is 0 Å².